The van der Waals surface area contributed by atoms with Crippen LogP contribution >= 0.6 is 0 Å². The van der Waals surface area contributed by atoms with Gasteiger partial charge in [-0.05, 0) is 36.1 Å². The maximum absolute atomic E-state index is 6.09. The Bertz CT molecular complexity index is 452. The van der Waals surface area contributed by atoms with Gasteiger partial charge in [0.2, 0.25) is 0 Å². The summed E-state index contributed by atoms with van der Waals surface area (Å²) in [7, 11) is 1.73. The first-order valence-electron chi connectivity index (χ1n) is 7.96. The monoisotopic (exact) mass is 274 g/mol. The molecule has 1 heterocycles. The summed E-state index contributed by atoms with van der Waals surface area (Å²) in [5.74, 6) is 0.949. The molecule has 0 aromatic heterocycles. The van der Waals surface area contributed by atoms with Gasteiger partial charge in [-0.15, -0.1) is 0 Å². The van der Waals surface area contributed by atoms with E-state index < -0.39 is 0 Å². The van der Waals surface area contributed by atoms with Crippen molar-refractivity contribution in [3.63, 3.8) is 0 Å². The smallest absolute Gasteiger partial charge is 0.119 e. The maximum atomic E-state index is 6.09. The van der Waals surface area contributed by atoms with E-state index in [0.29, 0.717) is 18.6 Å². The lowest BCUT2D eigenvalue weighted by Crippen LogP contribution is -2.36. The maximum Gasteiger partial charge on any atom is 0.119 e. The molecule has 3 heteroatoms. The second kappa shape index (κ2) is 6.15. The van der Waals surface area contributed by atoms with E-state index in [0.717, 1.165) is 12.3 Å². The normalized spacial score (nSPS) is 24.4. The molecule has 2 N–H and O–H groups in total. The van der Waals surface area contributed by atoms with Gasteiger partial charge >= 0.3 is 0 Å². The molecule has 0 radical (unpaired) electrons. The molecule has 2 aliphatic rings. The minimum absolute atomic E-state index is 0.378. The van der Waals surface area contributed by atoms with Crippen LogP contribution < -0.4 is 10.5 Å². The van der Waals surface area contributed by atoms with Crippen LogP contribution in [0.5, 0.6) is 5.75 Å². The fourth-order valence-corrected chi connectivity index (χ4v) is 3.88. The summed E-state index contributed by atoms with van der Waals surface area (Å²) in [4.78, 5) is 2.65. The molecule has 1 saturated carbocycles. The fraction of sp³-hybridized carbons (Fsp3) is 0.647. The molecule has 1 atom stereocenters. The molecule has 0 amide bonds. The molecule has 3 rings (SSSR count). The Balaban J connectivity index is 1.83. The van der Waals surface area contributed by atoms with Gasteiger partial charge < -0.3 is 10.5 Å². The number of nitrogens with two attached hydrogens (primary N) is 1. The second-order valence-electron chi connectivity index (χ2n) is 6.13. The second-order valence-corrected chi connectivity index (χ2v) is 6.13. The first-order chi connectivity index (χ1) is 9.83. The predicted molar refractivity (Wildman–Crippen MR) is 81.8 cm³/mol. The highest BCUT2D eigenvalue weighted by molar-refractivity contribution is 5.41. The molecule has 0 saturated heterocycles. The van der Waals surface area contributed by atoms with Crippen molar-refractivity contribution in [2.45, 2.75) is 57.2 Å². The van der Waals surface area contributed by atoms with Crippen molar-refractivity contribution in [1.82, 2.24) is 4.90 Å². The number of nitrogens with zero attached hydrogens (tertiary/aromatic N) is 1. The number of hydrogen-bond acceptors (Lipinski definition) is 3. The van der Waals surface area contributed by atoms with Gasteiger partial charge in [-0.25, -0.2) is 0 Å². The average Bonchev–Trinajstić information content (AvgIpc) is 2.65. The van der Waals surface area contributed by atoms with Gasteiger partial charge in [-0.3, -0.25) is 4.90 Å². The minimum Gasteiger partial charge on any atom is -0.497 e. The molecule has 1 aromatic carbocycles. The van der Waals surface area contributed by atoms with Gasteiger partial charge in [0.15, 0.2) is 0 Å². The Morgan fingerprint density at radius 1 is 1.20 bits per heavy atom. The predicted octanol–water partition coefficient (Wildman–Crippen LogP) is 3.23. The van der Waals surface area contributed by atoms with Crippen LogP contribution in [0, 0.1) is 0 Å². The Labute approximate surface area is 122 Å². The van der Waals surface area contributed by atoms with Crippen molar-refractivity contribution in [1.29, 1.82) is 0 Å². The van der Waals surface area contributed by atoms with E-state index in [2.05, 4.69) is 23.1 Å². The van der Waals surface area contributed by atoms with Crippen LogP contribution in [0.1, 0.15) is 55.7 Å². The van der Waals surface area contributed by atoms with E-state index in [9.17, 15) is 0 Å². The first-order valence-corrected chi connectivity index (χ1v) is 7.96. The van der Waals surface area contributed by atoms with Gasteiger partial charge in [0, 0.05) is 25.2 Å². The van der Waals surface area contributed by atoms with Crippen molar-refractivity contribution in [2.75, 3.05) is 13.7 Å². The van der Waals surface area contributed by atoms with E-state index in [4.69, 9.17) is 10.5 Å². The van der Waals surface area contributed by atoms with Gasteiger partial charge in [0.1, 0.15) is 5.75 Å². The van der Waals surface area contributed by atoms with Crippen molar-refractivity contribution < 1.29 is 4.74 Å². The third kappa shape index (κ3) is 2.57. The summed E-state index contributed by atoms with van der Waals surface area (Å²) in [5.41, 5.74) is 8.91. The minimum atomic E-state index is 0.378. The SMILES string of the molecule is COc1ccc2c(c1)C(CN)N(C1CCCCCC1)C2. The number of benzene rings is 1. The van der Waals surface area contributed by atoms with E-state index >= 15 is 0 Å². The van der Waals surface area contributed by atoms with Crippen LogP contribution in [-0.4, -0.2) is 24.6 Å². The average molecular weight is 274 g/mol. The number of methoxy groups -OCH3 is 1. The number of hydrogen-bond donors (Lipinski definition) is 1. The number of rotatable bonds is 3. The molecular weight excluding hydrogens is 248 g/mol. The summed E-state index contributed by atoms with van der Waals surface area (Å²) >= 11 is 0. The summed E-state index contributed by atoms with van der Waals surface area (Å²) < 4.78 is 5.37. The van der Waals surface area contributed by atoms with E-state index in [1.54, 1.807) is 7.11 Å². The van der Waals surface area contributed by atoms with Crippen LogP contribution in [0.15, 0.2) is 18.2 Å². The van der Waals surface area contributed by atoms with Gasteiger partial charge in [0.05, 0.1) is 7.11 Å². The van der Waals surface area contributed by atoms with Crippen LogP contribution in [0.25, 0.3) is 0 Å². The van der Waals surface area contributed by atoms with E-state index in [1.807, 2.05) is 0 Å². The number of ether oxygens (including phenoxy) is 1. The summed E-state index contributed by atoms with van der Waals surface area (Å²) in [6.07, 6.45) is 8.22. The molecule has 1 fully saturated rings. The highest BCUT2D eigenvalue weighted by atomic mass is 16.5. The summed E-state index contributed by atoms with van der Waals surface area (Å²) in [6, 6.07) is 7.56. The van der Waals surface area contributed by atoms with E-state index in [-0.39, 0.29) is 0 Å². The molecule has 3 nitrogen and oxygen atoms in total. The molecule has 1 unspecified atom stereocenters. The fourth-order valence-electron chi connectivity index (χ4n) is 3.88. The largest absolute Gasteiger partial charge is 0.497 e. The third-order valence-electron chi connectivity index (χ3n) is 4.98. The van der Waals surface area contributed by atoms with Crippen LogP contribution in [0.3, 0.4) is 0 Å². The van der Waals surface area contributed by atoms with E-state index in [1.165, 1.54) is 49.7 Å². The molecule has 0 spiro atoms. The molecule has 0 bridgehead atoms. The molecule has 1 aromatic rings. The highest BCUT2D eigenvalue weighted by Gasteiger charge is 2.34. The van der Waals surface area contributed by atoms with Crippen LogP contribution in [0.4, 0.5) is 0 Å². The summed E-state index contributed by atoms with van der Waals surface area (Å²) in [5, 5.41) is 0. The molecule has 1 aliphatic heterocycles. The third-order valence-corrected chi connectivity index (χ3v) is 4.98. The van der Waals surface area contributed by atoms with Gasteiger partial charge in [0.25, 0.3) is 0 Å². The molecule has 1 aliphatic carbocycles. The van der Waals surface area contributed by atoms with Gasteiger partial charge in [-0.2, -0.15) is 0 Å². The lowest BCUT2D eigenvalue weighted by Gasteiger charge is -2.32. The van der Waals surface area contributed by atoms with Crippen molar-refractivity contribution in [3.8, 4) is 5.75 Å². The van der Waals surface area contributed by atoms with Crippen molar-refractivity contribution in [2.24, 2.45) is 5.73 Å². The van der Waals surface area contributed by atoms with Crippen molar-refractivity contribution >= 4 is 0 Å². The van der Waals surface area contributed by atoms with Crippen LogP contribution in [0.2, 0.25) is 0 Å². The number of fused-ring (bicyclic) bond motifs is 1. The molecular formula is C17H26N2O. The lowest BCUT2D eigenvalue weighted by atomic mass is 10.0. The zero-order valence-electron chi connectivity index (χ0n) is 12.5. The quantitative estimate of drug-likeness (QED) is 0.860. The Kier molecular flexibility index (Phi) is 4.27. The zero-order chi connectivity index (χ0) is 13.9. The first kappa shape index (κ1) is 13.9. The standard InChI is InChI=1S/C17H26N2O/c1-20-15-9-8-13-12-19(17(11-18)16(13)10-15)14-6-4-2-3-5-7-14/h8-10,14,17H,2-7,11-12,18H2,1H3. The van der Waals surface area contributed by atoms with Gasteiger partial charge in [-0.1, -0.05) is 31.7 Å². The Morgan fingerprint density at radius 2 is 1.95 bits per heavy atom. The zero-order valence-corrected chi connectivity index (χ0v) is 12.5. The van der Waals surface area contributed by atoms with Crippen molar-refractivity contribution in [3.05, 3.63) is 29.3 Å². The van der Waals surface area contributed by atoms with Crippen LogP contribution in [-0.2, 0) is 6.54 Å². The molecule has 110 valence electrons. The Morgan fingerprint density at radius 3 is 2.60 bits per heavy atom. The molecule has 20 heavy (non-hydrogen) atoms. The highest BCUT2D eigenvalue weighted by Crippen LogP contribution is 2.39. The summed E-state index contributed by atoms with van der Waals surface area (Å²) in [6.45, 7) is 1.77. The Hall–Kier alpha value is -1.06. The topological polar surface area (TPSA) is 38.5 Å². The lowest BCUT2D eigenvalue weighted by molar-refractivity contribution is 0.135.